The Labute approximate surface area is 98.3 Å². The highest BCUT2D eigenvalue weighted by atomic mass is 32.1. The van der Waals surface area contributed by atoms with Gasteiger partial charge in [-0.2, -0.15) is 10.5 Å². The van der Waals surface area contributed by atoms with Gasteiger partial charge in [0.1, 0.15) is 13.1 Å². The summed E-state index contributed by atoms with van der Waals surface area (Å²) in [4.78, 5) is 13.9. The first-order valence-corrected chi connectivity index (χ1v) is 5.72. The number of hydrogen-bond acceptors (Lipinski definition) is 4. The Morgan fingerprint density at radius 1 is 1.44 bits per heavy atom. The smallest absolute Gasteiger partial charge is 0.265 e. The van der Waals surface area contributed by atoms with Crippen LogP contribution in [-0.2, 0) is 6.42 Å². The third-order valence-corrected chi connectivity index (χ3v) is 3.08. The van der Waals surface area contributed by atoms with Crippen molar-refractivity contribution in [2.75, 3.05) is 13.1 Å². The zero-order valence-corrected chi connectivity index (χ0v) is 9.75. The van der Waals surface area contributed by atoms with Gasteiger partial charge in [-0.15, -0.1) is 11.3 Å². The summed E-state index contributed by atoms with van der Waals surface area (Å²) in [6.45, 7) is 1.87. The molecule has 1 heterocycles. The van der Waals surface area contributed by atoms with Crippen LogP contribution in [0.1, 0.15) is 22.2 Å². The third-order valence-electron chi connectivity index (χ3n) is 2.13. The lowest BCUT2D eigenvalue weighted by molar-refractivity contribution is 0.0798. The van der Waals surface area contributed by atoms with Gasteiger partial charge in [0.05, 0.1) is 17.0 Å². The van der Waals surface area contributed by atoms with Crippen LogP contribution >= 0.6 is 11.3 Å². The summed E-state index contributed by atoms with van der Waals surface area (Å²) >= 11 is 1.35. The van der Waals surface area contributed by atoms with Crippen molar-refractivity contribution in [1.82, 2.24) is 4.90 Å². The molecule has 0 bridgehead atoms. The van der Waals surface area contributed by atoms with Gasteiger partial charge in [0, 0.05) is 0 Å². The van der Waals surface area contributed by atoms with E-state index in [0.717, 1.165) is 12.0 Å². The van der Waals surface area contributed by atoms with Crippen molar-refractivity contribution in [1.29, 1.82) is 10.5 Å². The zero-order valence-electron chi connectivity index (χ0n) is 8.93. The molecule has 0 aromatic carbocycles. The van der Waals surface area contributed by atoms with Gasteiger partial charge in [-0.3, -0.25) is 4.79 Å². The maximum atomic E-state index is 12.0. The Kier molecular flexibility index (Phi) is 4.50. The van der Waals surface area contributed by atoms with Gasteiger partial charge in [-0.05, 0) is 23.4 Å². The zero-order chi connectivity index (χ0) is 12.0. The SMILES string of the molecule is CCc1ccsc1C(=O)N(CC#N)CC#N. The van der Waals surface area contributed by atoms with Crippen LogP contribution in [0, 0.1) is 22.7 Å². The topological polar surface area (TPSA) is 67.9 Å². The van der Waals surface area contributed by atoms with Gasteiger partial charge in [-0.1, -0.05) is 6.92 Å². The van der Waals surface area contributed by atoms with Gasteiger partial charge in [0.15, 0.2) is 0 Å². The molecule has 16 heavy (non-hydrogen) atoms. The molecule has 0 saturated carbocycles. The van der Waals surface area contributed by atoms with Gasteiger partial charge >= 0.3 is 0 Å². The van der Waals surface area contributed by atoms with Crippen LogP contribution in [0.15, 0.2) is 11.4 Å². The monoisotopic (exact) mass is 233 g/mol. The van der Waals surface area contributed by atoms with Crippen LogP contribution < -0.4 is 0 Å². The second kappa shape index (κ2) is 5.89. The second-order valence-corrected chi connectivity index (χ2v) is 4.02. The largest absolute Gasteiger partial charge is 0.311 e. The first kappa shape index (κ1) is 12.2. The first-order valence-electron chi connectivity index (χ1n) is 4.84. The van der Waals surface area contributed by atoms with E-state index >= 15 is 0 Å². The molecule has 0 atom stereocenters. The van der Waals surface area contributed by atoms with E-state index in [-0.39, 0.29) is 19.0 Å². The number of nitrogens with zero attached hydrogens (tertiary/aromatic N) is 3. The Morgan fingerprint density at radius 3 is 2.56 bits per heavy atom. The molecule has 1 aromatic heterocycles. The lowest BCUT2D eigenvalue weighted by atomic mass is 10.2. The summed E-state index contributed by atoms with van der Waals surface area (Å²) in [5.74, 6) is -0.227. The predicted octanol–water partition coefficient (Wildman–Crippen LogP) is 1.80. The summed E-state index contributed by atoms with van der Waals surface area (Å²) < 4.78 is 0. The number of hydrogen-bond donors (Lipinski definition) is 0. The average Bonchev–Trinajstić information content (AvgIpc) is 2.75. The fourth-order valence-electron chi connectivity index (χ4n) is 1.32. The summed E-state index contributed by atoms with van der Waals surface area (Å²) in [6.07, 6.45) is 0.775. The van der Waals surface area contributed by atoms with E-state index in [4.69, 9.17) is 10.5 Å². The summed E-state index contributed by atoms with van der Waals surface area (Å²) in [5.41, 5.74) is 0.968. The van der Waals surface area contributed by atoms with Crippen LogP contribution in [0.2, 0.25) is 0 Å². The Balaban J connectivity index is 2.91. The Hall–Kier alpha value is -1.85. The maximum Gasteiger partial charge on any atom is 0.265 e. The number of aryl methyl sites for hydroxylation is 1. The van der Waals surface area contributed by atoms with Crippen molar-refractivity contribution in [3.8, 4) is 12.1 Å². The average molecular weight is 233 g/mol. The maximum absolute atomic E-state index is 12.0. The van der Waals surface area contributed by atoms with Crippen LogP contribution in [0.3, 0.4) is 0 Å². The Morgan fingerprint density at radius 2 is 2.06 bits per heavy atom. The quantitative estimate of drug-likeness (QED) is 0.745. The molecular weight excluding hydrogens is 222 g/mol. The third kappa shape index (κ3) is 2.59. The van der Waals surface area contributed by atoms with Crippen molar-refractivity contribution < 1.29 is 4.79 Å². The molecule has 5 heteroatoms. The van der Waals surface area contributed by atoms with Crippen molar-refractivity contribution >= 4 is 17.2 Å². The van der Waals surface area contributed by atoms with Gasteiger partial charge in [-0.25, -0.2) is 0 Å². The highest BCUT2D eigenvalue weighted by molar-refractivity contribution is 7.12. The number of amides is 1. The fraction of sp³-hybridized carbons (Fsp3) is 0.364. The van der Waals surface area contributed by atoms with Crippen molar-refractivity contribution in [2.24, 2.45) is 0 Å². The van der Waals surface area contributed by atoms with Crippen LogP contribution in [0.25, 0.3) is 0 Å². The molecule has 0 unspecified atom stereocenters. The van der Waals surface area contributed by atoms with E-state index in [1.54, 1.807) is 0 Å². The van der Waals surface area contributed by atoms with E-state index in [2.05, 4.69) is 0 Å². The molecule has 1 amide bonds. The van der Waals surface area contributed by atoms with E-state index in [1.807, 2.05) is 30.5 Å². The molecule has 0 aliphatic carbocycles. The number of thiophene rings is 1. The minimum atomic E-state index is -0.227. The molecule has 4 nitrogen and oxygen atoms in total. The number of carbonyl (C=O) groups excluding carboxylic acids is 1. The van der Waals surface area contributed by atoms with Gasteiger partial charge < -0.3 is 4.90 Å². The van der Waals surface area contributed by atoms with E-state index in [0.29, 0.717) is 4.88 Å². The van der Waals surface area contributed by atoms with E-state index < -0.39 is 0 Å². The molecule has 0 fully saturated rings. The number of carbonyl (C=O) groups is 1. The standard InChI is InChI=1S/C11H11N3OS/c1-2-9-3-8-16-10(9)11(15)14(6-4-12)7-5-13/h3,8H,2,6-7H2,1H3. The molecule has 0 N–H and O–H groups in total. The molecule has 0 saturated heterocycles. The van der Waals surface area contributed by atoms with Gasteiger partial charge in [0.25, 0.3) is 5.91 Å². The molecule has 0 spiro atoms. The van der Waals surface area contributed by atoms with Crippen molar-refractivity contribution in [2.45, 2.75) is 13.3 Å². The summed E-state index contributed by atoms with van der Waals surface area (Å²) in [7, 11) is 0. The van der Waals surface area contributed by atoms with Crippen molar-refractivity contribution in [3.63, 3.8) is 0 Å². The molecule has 1 aromatic rings. The van der Waals surface area contributed by atoms with Crippen LogP contribution in [-0.4, -0.2) is 23.9 Å². The first-order chi connectivity index (χ1) is 7.74. The normalized spacial score (nSPS) is 9.19. The van der Waals surface area contributed by atoms with Crippen LogP contribution in [0.4, 0.5) is 0 Å². The molecule has 82 valence electrons. The highest BCUT2D eigenvalue weighted by Gasteiger charge is 2.18. The molecule has 1 rings (SSSR count). The summed E-state index contributed by atoms with van der Waals surface area (Å²) in [6, 6.07) is 5.68. The molecule has 0 aliphatic heterocycles. The van der Waals surface area contributed by atoms with E-state index in [1.165, 1.54) is 16.2 Å². The number of rotatable bonds is 4. The van der Waals surface area contributed by atoms with Crippen molar-refractivity contribution in [3.05, 3.63) is 21.9 Å². The van der Waals surface area contributed by atoms with Crippen LogP contribution in [0.5, 0.6) is 0 Å². The fourth-order valence-corrected chi connectivity index (χ4v) is 2.28. The highest BCUT2D eigenvalue weighted by Crippen LogP contribution is 2.19. The lowest BCUT2D eigenvalue weighted by Gasteiger charge is -2.15. The lowest BCUT2D eigenvalue weighted by Crippen LogP contribution is -2.31. The minimum Gasteiger partial charge on any atom is -0.311 e. The Bertz CT molecular complexity index is 437. The van der Waals surface area contributed by atoms with E-state index in [9.17, 15) is 4.79 Å². The molecule has 0 radical (unpaired) electrons. The molecule has 0 aliphatic rings. The molecular formula is C11H11N3OS. The number of nitriles is 2. The predicted molar refractivity (Wildman–Crippen MR) is 60.8 cm³/mol. The second-order valence-electron chi connectivity index (χ2n) is 3.11. The van der Waals surface area contributed by atoms with Gasteiger partial charge in [0.2, 0.25) is 0 Å². The summed E-state index contributed by atoms with van der Waals surface area (Å²) in [5, 5.41) is 19.0. The minimum absolute atomic E-state index is 0.0482.